The van der Waals surface area contributed by atoms with Crippen LogP contribution in [0.1, 0.15) is 0 Å². The fraction of sp³-hybridized carbons (Fsp3) is 0.243. The second kappa shape index (κ2) is 15.5. The summed E-state index contributed by atoms with van der Waals surface area (Å²) < 4.78 is 47.4. The number of rotatable bonds is 14. The zero-order chi connectivity index (χ0) is 33.5. The number of ether oxygens (including phenoxy) is 8. The first-order valence-corrected chi connectivity index (χ1v) is 17.6. The molecule has 47 heavy (non-hydrogen) atoms. The SMILES string of the molecule is COc1cccc(P(C2=CC=CC2P(c2cccc(OC)c2OC)c2cccc(OC)c2OC)c2cccc(OC)c2OC)c1OC. The highest BCUT2D eigenvalue weighted by Gasteiger charge is 2.39. The monoisotopic (exact) mass is 674 g/mol. The molecule has 1 atom stereocenters. The number of allylic oxidation sites excluding steroid dienone is 4. The Morgan fingerprint density at radius 1 is 0.426 bits per heavy atom. The van der Waals surface area contributed by atoms with Crippen molar-refractivity contribution in [3.63, 3.8) is 0 Å². The van der Waals surface area contributed by atoms with Crippen molar-refractivity contribution in [1.29, 1.82) is 0 Å². The lowest BCUT2D eigenvalue weighted by Gasteiger charge is -2.34. The lowest BCUT2D eigenvalue weighted by Crippen LogP contribution is -2.27. The minimum absolute atomic E-state index is 0.107. The molecular weight excluding hydrogens is 634 g/mol. The van der Waals surface area contributed by atoms with E-state index in [1.807, 2.05) is 48.5 Å². The molecule has 1 unspecified atom stereocenters. The van der Waals surface area contributed by atoms with Crippen molar-refractivity contribution >= 4 is 37.1 Å². The Morgan fingerprint density at radius 3 is 1.11 bits per heavy atom. The van der Waals surface area contributed by atoms with Crippen LogP contribution in [0.3, 0.4) is 0 Å². The lowest BCUT2D eigenvalue weighted by molar-refractivity contribution is 0.356. The molecule has 0 fully saturated rings. The van der Waals surface area contributed by atoms with E-state index < -0.39 is 15.8 Å². The molecule has 246 valence electrons. The van der Waals surface area contributed by atoms with E-state index in [4.69, 9.17) is 37.9 Å². The molecule has 0 radical (unpaired) electrons. The highest BCUT2D eigenvalue weighted by molar-refractivity contribution is 7.80. The third-order valence-electron chi connectivity index (χ3n) is 7.93. The maximum Gasteiger partial charge on any atom is 0.169 e. The number of methoxy groups -OCH3 is 8. The van der Waals surface area contributed by atoms with Gasteiger partial charge in [-0.05, 0) is 57.6 Å². The quantitative estimate of drug-likeness (QED) is 0.148. The number of para-hydroxylation sites is 4. The van der Waals surface area contributed by atoms with E-state index in [-0.39, 0.29) is 5.66 Å². The van der Waals surface area contributed by atoms with Gasteiger partial charge >= 0.3 is 0 Å². The van der Waals surface area contributed by atoms with Crippen LogP contribution in [0, 0.1) is 0 Å². The van der Waals surface area contributed by atoms with E-state index in [0.717, 1.165) is 21.2 Å². The van der Waals surface area contributed by atoms with E-state index >= 15 is 0 Å². The molecular formula is C37H40O8P2. The topological polar surface area (TPSA) is 73.8 Å². The predicted molar refractivity (Wildman–Crippen MR) is 192 cm³/mol. The van der Waals surface area contributed by atoms with Gasteiger partial charge in [0.05, 0.1) is 56.9 Å². The minimum Gasteiger partial charge on any atom is -0.493 e. The van der Waals surface area contributed by atoms with Gasteiger partial charge in [0.1, 0.15) is 0 Å². The first kappa shape index (κ1) is 34.0. The summed E-state index contributed by atoms with van der Waals surface area (Å²) in [5.41, 5.74) is -0.107. The van der Waals surface area contributed by atoms with E-state index in [1.165, 1.54) is 5.31 Å². The van der Waals surface area contributed by atoms with Crippen LogP contribution >= 0.6 is 15.8 Å². The number of hydrogen-bond acceptors (Lipinski definition) is 8. The summed E-state index contributed by atoms with van der Waals surface area (Å²) in [7, 11) is 10.8. The highest BCUT2D eigenvalue weighted by Crippen LogP contribution is 2.61. The second-order valence-corrected chi connectivity index (χ2v) is 14.6. The summed E-state index contributed by atoms with van der Waals surface area (Å²) in [6.07, 6.45) is 6.60. The molecule has 0 bridgehead atoms. The molecule has 4 aromatic rings. The average Bonchev–Trinajstić information content (AvgIpc) is 3.59. The predicted octanol–water partition coefficient (Wildman–Crippen LogP) is 6.14. The molecule has 5 rings (SSSR count). The van der Waals surface area contributed by atoms with E-state index in [0.29, 0.717) is 46.0 Å². The van der Waals surface area contributed by atoms with Crippen molar-refractivity contribution in [3.05, 3.63) is 96.3 Å². The molecule has 8 nitrogen and oxygen atoms in total. The summed E-state index contributed by atoms with van der Waals surface area (Å²) in [4.78, 5) is 0. The molecule has 10 heteroatoms. The van der Waals surface area contributed by atoms with Gasteiger partial charge in [0.2, 0.25) is 0 Å². The van der Waals surface area contributed by atoms with Gasteiger partial charge in [-0.1, -0.05) is 54.6 Å². The van der Waals surface area contributed by atoms with Gasteiger partial charge in [-0.25, -0.2) is 0 Å². The minimum atomic E-state index is -1.29. The fourth-order valence-corrected chi connectivity index (χ4v) is 12.1. The van der Waals surface area contributed by atoms with Crippen molar-refractivity contribution in [2.24, 2.45) is 0 Å². The van der Waals surface area contributed by atoms with Gasteiger partial charge in [0, 0.05) is 26.9 Å². The molecule has 0 saturated heterocycles. The first-order chi connectivity index (χ1) is 23.0. The zero-order valence-corrected chi connectivity index (χ0v) is 29.7. The highest BCUT2D eigenvalue weighted by atomic mass is 31.1. The van der Waals surface area contributed by atoms with Crippen molar-refractivity contribution in [2.45, 2.75) is 5.66 Å². The van der Waals surface area contributed by atoms with Crippen molar-refractivity contribution in [2.75, 3.05) is 56.9 Å². The molecule has 4 aromatic carbocycles. The molecule has 0 amide bonds. The van der Waals surface area contributed by atoms with Crippen LogP contribution in [0.5, 0.6) is 46.0 Å². The summed E-state index contributed by atoms with van der Waals surface area (Å²) in [6.45, 7) is 0. The van der Waals surface area contributed by atoms with Crippen LogP contribution < -0.4 is 59.1 Å². The normalized spacial score (nSPS) is 13.7. The smallest absolute Gasteiger partial charge is 0.169 e. The van der Waals surface area contributed by atoms with Crippen molar-refractivity contribution in [3.8, 4) is 46.0 Å². The fourth-order valence-electron chi connectivity index (χ4n) is 5.93. The Kier molecular flexibility index (Phi) is 11.2. The number of hydrogen-bond donors (Lipinski definition) is 0. The van der Waals surface area contributed by atoms with Gasteiger partial charge < -0.3 is 37.9 Å². The maximum atomic E-state index is 6.07. The van der Waals surface area contributed by atoms with Crippen LogP contribution in [0.4, 0.5) is 0 Å². The van der Waals surface area contributed by atoms with Crippen molar-refractivity contribution < 1.29 is 37.9 Å². The number of benzene rings is 4. The molecule has 0 aromatic heterocycles. The van der Waals surface area contributed by atoms with Gasteiger partial charge in [-0.3, -0.25) is 0 Å². The Labute approximate surface area is 279 Å². The lowest BCUT2D eigenvalue weighted by atomic mass is 10.3. The van der Waals surface area contributed by atoms with Gasteiger partial charge in [0.25, 0.3) is 0 Å². The molecule has 0 N–H and O–H groups in total. The Morgan fingerprint density at radius 2 is 0.766 bits per heavy atom. The first-order valence-electron chi connectivity index (χ1n) is 14.8. The Balaban J connectivity index is 1.84. The zero-order valence-electron chi connectivity index (χ0n) is 27.9. The summed E-state index contributed by atoms with van der Waals surface area (Å²) >= 11 is 0. The third kappa shape index (κ3) is 6.33. The van der Waals surface area contributed by atoms with Crippen LogP contribution in [-0.4, -0.2) is 62.5 Å². The van der Waals surface area contributed by atoms with Crippen LogP contribution in [-0.2, 0) is 0 Å². The molecule has 0 aliphatic heterocycles. The molecule has 0 saturated carbocycles. The van der Waals surface area contributed by atoms with Gasteiger partial charge in [-0.15, -0.1) is 0 Å². The van der Waals surface area contributed by atoms with Gasteiger partial charge in [-0.2, -0.15) is 0 Å². The molecule has 1 aliphatic rings. The summed E-state index contributed by atoms with van der Waals surface area (Å²) in [6, 6.07) is 24.0. The third-order valence-corrected chi connectivity index (χ3v) is 13.5. The van der Waals surface area contributed by atoms with Crippen molar-refractivity contribution in [1.82, 2.24) is 0 Å². The van der Waals surface area contributed by atoms with E-state index in [1.54, 1.807) is 56.9 Å². The molecule has 0 heterocycles. The van der Waals surface area contributed by atoms with E-state index in [2.05, 4.69) is 42.5 Å². The summed E-state index contributed by atoms with van der Waals surface area (Å²) in [5, 5.41) is 5.15. The maximum absolute atomic E-state index is 6.07. The summed E-state index contributed by atoms with van der Waals surface area (Å²) in [5.74, 6) is 5.28. The Hall–Kier alpha value is -4.38. The van der Waals surface area contributed by atoms with Gasteiger partial charge in [0.15, 0.2) is 46.0 Å². The standard InChI is InChI=1S/C37H40O8P2/c1-38-24-14-9-20-30(34(24)42-5)46(31-21-10-15-25(39-2)35(31)43-6)28-18-13-19-29(28)47(32-22-11-16-26(40-3)36(32)44-7)33-23-12-17-27(41-4)37(33)45-8/h9-23,28H,1-8H3. The average molecular weight is 675 g/mol. The van der Waals surface area contributed by atoms with Crippen LogP contribution in [0.2, 0.25) is 0 Å². The van der Waals surface area contributed by atoms with E-state index in [9.17, 15) is 0 Å². The van der Waals surface area contributed by atoms with Crippen LogP contribution in [0.15, 0.2) is 96.3 Å². The molecule has 1 aliphatic carbocycles. The second-order valence-electron chi connectivity index (χ2n) is 10.2. The molecule has 0 spiro atoms. The van der Waals surface area contributed by atoms with Crippen LogP contribution in [0.25, 0.3) is 0 Å². The largest absolute Gasteiger partial charge is 0.493 e. The Bertz CT molecular complexity index is 1660.